The Balaban J connectivity index is 1.50. The quantitative estimate of drug-likeness (QED) is 0.799. The van der Waals surface area contributed by atoms with Crippen molar-refractivity contribution in [3.8, 4) is 0 Å². The van der Waals surface area contributed by atoms with Gasteiger partial charge in [-0.3, -0.25) is 9.69 Å². The smallest absolute Gasteiger partial charge is 0.233 e. The third-order valence-corrected chi connectivity index (χ3v) is 7.04. The number of nitrogens with zero attached hydrogens (tertiary/aromatic N) is 5. The molecule has 7 heteroatoms. The maximum absolute atomic E-state index is 14.8. The number of benzene rings is 1. The average Bonchev–Trinajstić information content (AvgIpc) is 3.46. The molecule has 1 atom stereocenters. The molecule has 0 radical (unpaired) electrons. The van der Waals surface area contributed by atoms with Crippen LogP contribution in [0.25, 0.3) is 0 Å². The molecule has 2 aliphatic heterocycles. The van der Waals surface area contributed by atoms with Crippen LogP contribution in [0.4, 0.5) is 4.39 Å². The van der Waals surface area contributed by atoms with E-state index in [1.807, 2.05) is 11.0 Å². The highest BCUT2D eigenvalue weighted by Crippen LogP contribution is 2.46. The van der Waals surface area contributed by atoms with Crippen molar-refractivity contribution < 1.29 is 9.18 Å². The molecule has 1 saturated carbocycles. The fourth-order valence-electron chi connectivity index (χ4n) is 5.53. The van der Waals surface area contributed by atoms with Crippen LogP contribution in [0.1, 0.15) is 61.8 Å². The Hall–Kier alpha value is -2.28. The Morgan fingerprint density at radius 3 is 2.69 bits per heavy atom. The number of carbonyl (C=O) groups is 1. The molecule has 29 heavy (non-hydrogen) atoms. The van der Waals surface area contributed by atoms with Gasteiger partial charge in [0.15, 0.2) is 5.82 Å². The topological polar surface area (TPSA) is 54.3 Å². The van der Waals surface area contributed by atoms with Crippen LogP contribution in [0.2, 0.25) is 0 Å². The van der Waals surface area contributed by atoms with E-state index in [0.717, 1.165) is 69.8 Å². The number of hydrogen-bond donors (Lipinski definition) is 0. The molecule has 6 nitrogen and oxygen atoms in total. The van der Waals surface area contributed by atoms with Crippen molar-refractivity contribution in [2.24, 2.45) is 0 Å². The van der Waals surface area contributed by atoms with Crippen LogP contribution in [0.15, 0.2) is 24.3 Å². The van der Waals surface area contributed by atoms with Crippen LogP contribution >= 0.6 is 0 Å². The SMILES string of the molecule is CN1CCn2c(nnc2[C@H]2CCCN2C(=O)C2(c3ccccc3F)CCCC2)C1. The first-order valence-electron chi connectivity index (χ1n) is 10.8. The zero-order valence-electron chi connectivity index (χ0n) is 17.0. The van der Waals surface area contributed by atoms with Gasteiger partial charge in [0.05, 0.1) is 18.0 Å². The van der Waals surface area contributed by atoms with Gasteiger partial charge in [0.1, 0.15) is 11.6 Å². The van der Waals surface area contributed by atoms with Gasteiger partial charge < -0.3 is 9.47 Å². The number of aromatic nitrogens is 3. The van der Waals surface area contributed by atoms with Crippen LogP contribution in [-0.2, 0) is 23.3 Å². The molecule has 1 aliphatic carbocycles. The Labute approximate surface area is 170 Å². The van der Waals surface area contributed by atoms with Crippen molar-refractivity contribution in [1.29, 1.82) is 0 Å². The van der Waals surface area contributed by atoms with Crippen LogP contribution in [0, 0.1) is 5.82 Å². The van der Waals surface area contributed by atoms with Crippen molar-refractivity contribution in [2.75, 3.05) is 20.1 Å². The molecule has 1 saturated heterocycles. The van der Waals surface area contributed by atoms with Crippen LogP contribution < -0.4 is 0 Å². The third kappa shape index (κ3) is 2.98. The molecule has 1 aromatic carbocycles. The Kier molecular flexibility index (Phi) is 4.65. The van der Waals surface area contributed by atoms with E-state index in [0.29, 0.717) is 12.1 Å². The van der Waals surface area contributed by atoms with Crippen molar-refractivity contribution in [3.63, 3.8) is 0 Å². The summed E-state index contributed by atoms with van der Waals surface area (Å²) >= 11 is 0. The highest BCUT2D eigenvalue weighted by Gasteiger charge is 2.49. The first-order valence-corrected chi connectivity index (χ1v) is 10.8. The van der Waals surface area contributed by atoms with Crippen LogP contribution in [0.5, 0.6) is 0 Å². The Morgan fingerprint density at radius 1 is 1.10 bits per heavy atom. The molecule has 2 aromatic rings. The van der Waals surface area contributed by atoms with Gasteiger partial charge in [0.2, 0.25) is 5.91 Å². The van der Waals surface area contributed by atoms with Crippen LogP contribution in [0.3, 0.4) is 0 Å². The molecule has 0 bridgehead atoms. The molecular weight excluding hydrogens is 369 g/mol. The summed E-state index contributed by atoms with van der Waals surface area (Å²) in [5.41, 5.74) is -0.170. The lowest BCUT2D eigenvalue weighted by Crippen LogP contribution is -2.46. The number of amides is 1. The minimum absolute atomic E-state index is 0.0589. The van der Waals surface area contributed by atoms with Gasteiger partial charge >= 0.3 is 0 Å². The van der Waals surface area contributed by atoms with E-state index < -0.39 is 5.41 Å². The number of rotatable bonds is 3. The van der Waals surface area contributed by atoms with Gasteiger partial charge in [-0.15, -0.1) is 10.2 Å². The Bertz CT molecular complexity index is 920. The third-order valence-electron chi connectivity index (χ3n) is 7.04. The van der Waals surface area contributed by atoms with E-state index in [2.05, 4.69) is 26.7 Å². The van der Waals surface area contributed by atoms with Gasteiger partial charge in [-0.25, -0.2) is 4.39 Å². The van der Waals surface area contributed by atoms with E-state index in [1.54, 1.807) is 12.1 Å². The fraction of sp³-hybridized carbons (Fsp3) is 0.591. The summed E-state index contributed by atoms with van der Waals surface area (Å²) in [6.45, 7) is 3.30. The second-order valence-electron chi connectivity index (χ2n) is 8.79. The molecule has 154 valence electrons. The van der Waals surface area contributed by atoms with Crippen molar-refractivity contribution >= 4 is 5.91 Å². The van der Waals surface area contributed by atoms with E-state index in [4.69, 9.17) is 0 Å². The van der Waals surface area contributed by atoms with Gasteiger partial charge in [-0.1, -0.05) is 31.0 Å². The molecular formula is C22H28FN5O. The normalized spacial score (nSPS) is 24.1. The van der Waals surface area contributed by atoms with E-state index in [9.17, 15) is 9.18 Å². The molecule has 5 rings (SSSR count). The summed E-state index contributed by atoms with van der Waals surface area (Å²) in [4.78, 5) is 18.2. The van der Waals surface area contributed by atoms with Crippen molar-refractivity contribution in [1.82, 2.24) is 24.6 Å². The maximum atomic E-state index is 14.8. The molecule has 2 fully saturated rings. The summed E-state index contributed by atoms with van der Waals surface area (Å²) < 4.78 is 17.0. The highest BCUT2D eigenvalue weighted by molar-refractivity contribution is 5.89. The number of likely N-dealkylation sites (N-methyl/N-ethyl adjacent to an activating group) is 1. The largest absolute Gasteiger partial charge is 0.332 e. The monoisotopic (exact) mass is 397 g/mol. The van der Waals surface area contributed by atoms with Crippen molar-refractivity contribution in [2.45, 2.75) is 63.1 Å². The molecule has 1 amide bonds. The molecule has 0 unspecified atom stereocenters. The highest BCUT2D eigenvalue weighted by atomic mass is 19.1. The number of likely N-dealkylation sites (tertiary alicyclic amines) is 1. The lowest BCUT2D eigenvalue weighted by molar-refractivity contribution is -0.138. The van der Waals surface area contributed by atoms with Gasteiger partial charge in [-0.05, 0) is 38.8 Å². The first kappa shape index (κ1) is 18.7. The fourth-order valence-corrected chi connectivity index (χ4v) is 5.53. The summed E-state index contributed by atoms with van der Waals surface area (Å²) in [7, 11) is 2.08. The molecule has 3 heterocycles. The zero-order chi connectivity index (χ0) is 20.0. The van der Waals surface area contributed by atoms with Crippen molar-refractivity contribution in [3.05, 3.63) is 47.3 Å². The first-order chi connectivity index (χ1) is 14.1. The number of carbonyl (C=O) groups excluding carboxylic acids is 1. The minimum atomic E-state index is -0.737. The summed E-state index contributed by atoms with van der Waals surface area (Å²) in [6.07, 6.45) is 5.22. The summed E-state index contributed by atoms with van der Waals surface area (Å²) in [5, 5.41) is 8.91. The Morgan fingerprint density at radius 2 is 1.90 bits per heavy atom. The second kappa shape index (κ2) is 7.20. The predicted molar refractivity (Wildman–Crippen MR) is 107 cm³/mol. The van der Waals surface area contributed by atoms with Gasteiger partial charge in [0.25, 0.3) is 0 Å². The number of fused-ring (bicyclic) bond motifs is 1. The maximum Gasteiger partial charge on any atom is 0.233 e. The summed E-state index contributed by atoms with van der Waals surface area (Å²) in [5.74, 6) is 1.69. The standard InChI is InChI=1S/C22H28FN5O/c1-26-13-14-28-19(15-26)24-25-20(28)18-9-6-12-27(18)21(29)22(10-4-5-11-22)16-7-2-3-8-17(16)23/h2-3,7-8,18H,4-6,9-15H2,1H3/t18-/m1/s1. The molecule has 3 aliphatic rings. The van der Waals surface area contributed by atoms with E-state index in [1.165, 1.54) is 6.07 Å². The number of halogens is 1. The molecule has 0 spiro atoms. The van der Waals surface area contributed by atoms with Gasteiger partial charge in [-0.2, -0.15) is 0 Å². The predicted octanol–water partition coefficient (Wildman–Crippen LogP) is 3.04. The molecule has 1 aromatic heterocycles. The number of hydrogen-bond acceptors (Lipinski definition) is 4. The van der Waals surface area contributed by atoms with Gasteiger partial charge in [0, 0.05) is 25.2 Å². The lowest BCUT2D eigenvalue weighted by Gasteiger charge is -2.36. The minimum Gasteiger partial charge on any atom is -0.332 e. The molecule has 0 N–H and O–H groups in total. The zero-order valence-corrected chi connectivity index (χ0v) is 17.0. The average molecular weight is 397 g/mol. The summed E-state index contributed by atoms with van der Waals surface area (Å²) in [6, 6.07) is 6.77. The van der Waals surface area contributed by atoms with E-state index >= 15 is 0 Å². The second-order valence-corrected chi connectivity index (χ2v) is 8.79. The van der Waals surface area contributed by atoms with E-state index in [-0.39, 0.29) is 17.8 Å². The van der Waals surface area contributed by atoms with Crippen LogP contribution in [-0.4, -0.2) is 50.6 Å². The lowest BCUT2D eigenvalue weighted by atomic mass is 9.77.